The molecule has 15 unspecified atom stereocenters. The van der Waals surface area contributed by atoms with Crippen LogP contribution in [-0.4, -0.2) is 315 Å². The van der Waals surface area contributed by atoms with E-state index in [-0.39, 0.29) is 110 Å². The van der Waals surface area contributed by atoms with Crippen molar-refractivity contribution in [3.63, 3.8) is 0 Å². The molecule has 1 aromatic carbocycles. The molecule has 92 heavy (non-hydrogen) atoms. The largest absolute Gasteiger partial charge is 0.394 e. The average Bonchev–Trinajstić information content (AvgIpc) is 0.818. The summed E-state index contributed by atoms with van der Waals surface area (Å²) >= 11 is 0. The summed E-state index contributed by atoms with van der Waals surface area (Å²) in [6.45, 7) is -0.825. The monoisotopic (exact) mass is 1320 g/mol. The van der Waals surface area contributed by atoms with E-state index in [4.69, 9.17) is 47.4 Å². The number of hydrogen-bond acceptors (Lipinski definition) is 27. The number of rotatable bonds is 39. The van der Waals surface area contributed by atoms with Gasteiger partial charge in [0.15, 0.2) is 18.3 Å². The Hall–Kier alpha value is -5.29. The zero-order valence-electron chi connectivity index (χ0n) is 52.4. The van der Waals surface area contributed by atoms with Crippen molar-refractivity contribution in [2.45, 2.75) is 157 Å². The molecule has 1 aliphatic carbocycles. The fourth-order valence-corrected chi connectivity index (χ4v) is 10.8. The molecule has 34 nitrogen and oxygen atoms in total. The van der Waals surface area contributed by atoms with E-state index in [2.05, 4.69) is 37.2 Å². The number of nitrogens with zero attached hydrogens (tertiary/aromatic N) is 1. The van der Waals surface area contributed by atoms with Gasteiger partial charge in [0.2, 0.25) is 41.4 Å². The summed E-state index contributed by atoms with van der Waals surface area (Å²) in [6.07, 6.45) is -12.4. The number of methoxy groups -OCH3 is 1. The van der Waals surface area contributed by atoms with Gasteiger partial charge >= 0.3 is 0 Å². The van der Waals surface area contributed by atoms with Gasteiger partial charge < -0.3 is 131 Å². The van der Waals surface area contributed by atoms with Crippen molar-refractivity contribution in [2.75, 3.05) is 126 Å². The van der Waals surface area contributed by atoms with Gasteiger partial charge in [-0.1, -0.05) is 24.3 Å². The first kappa shape index (κ1) is 77.4. The Morgan fingerprint density at radius 3 is 1.52 bits per heavy atom. The molecule has 3 aliphatic heterocycles. The van der Waals surface area contributed by atoms with Crippen LogP contribution in [0.3, 0.4) is 0 Å². The fraction of sp³-hybridized carbons (Fsp3) is 0.776. The topological polar surface area (TPSA) is 481 Å². The first-order valence-electron chi connectivity index (χ1n) is 30.7. The second-order valence-electron chi connectivity index (χ2n) is 22.7. The number of nitrogens with one attached hydrogen (secondary N) is 7. The van der Waals surface area contributed by atoms with Crippen LogP contribution in [0.25, 0.3) is 0 Å². The number of ether oxygens (including phenoxy) is 10. The predicted octanol–water partition coefficient (Wildman–Crippen LogP) is -8.00. The summed E-state index contributed by atoms with van der Waals surface area (Å²) in [6, 6.07) is 3.52. The third-order valence-corrected chi connectivity index (χ3v) is 15.8. The summed E-state index contributed by atoms with van der Waals surface area (Å²) < 4.78 is 56.2. The van der Waals surface area contributed by atoms with E-state index in [0.29, 0.717) is 18.4 Å². The van der Waals surface area contributed by atoms with Crippen LogP contribution in [0.5, 0.6) is 0 Å². The van der Waals surface area contributed by atoms with E-state index in [0.717, 1.165) is 18.4 Å². The van der Waals surface area contributed by atoms with E-state index in [1.54, 1.807) is 31.4 Å². The molecule has 1 aromatic rings. The molecular weight excluding hydrogens is 1220 g/mol. The minimum absolute atomic E-state index is 0.0468. The Labute approximate surface area is 532 Å². The molecule has 4 fully saturated rings. The molecule has 7 amide bonds. The lowest BCUT2D eigenvalue weighted by molar-refractivity contribution is -0.272. The highest BCUT2D eigenvalue weighted by molar-refractivity contribution is 5.86. The molecule has 16 N–H and O–H groups in total. The summed E-state index contributed by atoms with van der Waals surface area (Å²) in [5.41, 5.74) is -0.489. The van der Waals surface area contributed by atoms with Crippen molar-refractivity contribution >= 4 is 41.4 Å². The Bertz CT molecular complexity index is 2420. The van der Waals surface area contributed by atoms with Gasteiger partial charge in [-0.3, -0.25) is 38.5 Å². The van der Waals surface area contributed by atoms with Crippen LogP contribution < -0.4 is 37.2 Å². The molecule has 1 saturated carbocycles. The van der Waals surface area contributed by atoms with Crippen LogP contribution in [0.15, 0.2) is 24.3 Å². The summed E-state index contributed by atoms with van der Waals surface area (Å²) in [5, 5.41) is 111. The molecule has 0 bridgehead atoms. The molecule has 3 heterocycles. The maximum Gasteiger partial charge on any atom is 0.237 e. The first-order valence-corrected chi connectivity index (χ1v) is 30.7. The second kappa shape index (κ2) is 40.2. The van der Waals surface area contributed by atoms with E-state index < -0.39 is 166 Å². The van der Waals surface area contributed by atoms with Crippen LogP contribution in [0.4, 0.5) is 0 Å². The third-order valence-electron chi connectivity index (χ3n) is 15.8. The van der Waals surface area contributed by atoms with Gasteiger partial charge in [-0.2, -0.15) is 0 Å². The highest BCUT2D eigenvalue weighted by Gasteiger charge is 2.52. The fourth-order valence-electron chi connectivity index (χ4n) is 10.8. The SMILES string of the molecule is COC1CCC(C(=O)NCc2ccc(CC(C(=O)NCCOCCOC3OC(CO)C(O)C(O)C3NC(C)=O)N(CC(=O)NCCOCCOC3OC(CO)C(O)C(O)C3NC(C)=O)CC(=O)NCCOCCOC3(NC(C)=O)COC(CO)C(O)C3O)cc2)CC1. The van der Waals surface area contributed by atoms with Gasteiger partial charge in [0.25, 0.3) is 0 Å². The smallest absolute Gasteiger partial charge is 0.237 e. The minimum atomic E-state index is -1.87. The van der Waals surface area contributed by atoms with Gasteiger partial charge in [-0.15, -0.1) is 0 Å². The summed E-state index contributed by atoms with van der Waals surface area (Å²) in [5.74, 6) is -3.76. The second-order valence-corrected chi connectivity index (χ2v) is 22.7. The lowest BCUT2D eigenvalue weighted by Crippen LogP contribution is -2.70. The molecular formula is C58H96N8O26. The molecule has 5 rings (SSSR count). The van der Waals surface area contributed by atoms with Crippen molar-refractivity contribution in [3.8, 4) is 0 Å². The van der Waals surface area contributed by atoms with Crippen LogP contribution in [0, 0.1) is 5.92 Å². The average molecular weight is 1320 g/mol. The van der Waals surface area contributed by atoms with E-state index in [1.807, 2.05) is 0 Å². The molecule has 34 heteroatoms. The Morgan fingerprint density at radius 2 is 1.05 bits per heavy atom. The van der Waals surface area contributed by atoms with E-state index >= 15 is 0 Å². The van der Waals surface area contributed by atoms with Crippen LogP contribution in [0.2, 0.25) is 0 Å². The number of aliphatic hydroxyl groups excluding tert-OH is 9. The molecule has 0 spiro atoms. The van der Waals surface area contributed by atoms with Crippen LogP contribution in [-0.2, 0) is 93.9 Å². The normalized spacial score (nSPS) is 29.3. The van der Waals surface area contributed by atoms with E-state index in [1.165, 1.54) is 25.7 Å². The molecule has 0 aromatic heterocycles. The van der Waals surface area contributed by atoms with Gasteiger partial charge in [0.05, 0.1) is 111 Å². The Balaban J connectivity index is 1.25. The van der Waals surface area contributed by atoms with Crippen molar-refractivity contribution in [1.82, 2.24) is 42.1 Å². The number of aliphatic hydroxyl groups is 9. The van der Waals surface area contributed by atoms with Crippen molar-refractivity contribution < 1.29 is 127 Å². The number of carbonyl (C=O) groups excluding carboxylic acids is 7. The standard InChI is InChI=1S/C58H96N8O26/c1-33(70)63-46-51(78)48(75)42(30-68)91-56(46)87-22-19-84-16-13-59-44(73)27-66(28-45(74)60-14-17-86-21-24-90-58(65-35(3)72)32-89-41(29-67)50(77)53(58)80)40(25-36-5-7-37(8-6-36)26-62-54(81)38-9-11-39(83-4)12-10-38)55(82)61-15-18-85-20-23-88-57-47(64-34(2)71)52(79)49(76)43(31-69)92-57/h5-8,38-43,46-53,56-57,67-69,75-80H,9-32H2,1-4H3,(H,59,73)(H,60,74)(H,61,82)(H,62,81)(H,63,70)(H,64,71)(H,65,72). The quantitative estimate of drug-likeness (QED) is 0.0215. The number of carbonyl (C=O) groups is 7. The predicted molar refractivity (Wildman–Crippen MR) is 316 cm³/mol. The number of hydrogen-bond donors (Lipinski definition) is 16. The lowest BCUT2D eigenvalue weighted by atomic mass is 9.87. The third kappa shape index (κ3) is 24.5. The number of benzene rings is 1. The van der Waals surface area contributed by atoms with Crippen molar-refractivity contribution in [1.29, 1.82) is 0 Å². The summed E-state index contributed by atoms with van der Waals surface area (Å²) in [4.78, 5) is 92.5. The molecule has 3 saturated heterocycles. The van der Waals surface area contributed by atoms with Gasteiger partial charge in [-0.05, 0) is 43.2 Å². The zero-order valence-corrected chi connectivity index (χ0v) is 52.4. The molecule has 4 aliphatic rings. The molecule has 524 valence electrons. The maximum atomic E-state index is 14.5. The van der Waals surface area contributed by atoms with Gasteiger partial charge in [0, 0.05) is 60.0 Å². The summed E-state index contributed by atoms with van der Waals surface area (Å²) in [7, 11) is 1.66. The van der Waals surface area contributed by atoms with Gasteiger partial charge in [-0.25, -0.2) is 0 Å². The number of amides is 7. The highest BCUT2D eigenvalue weighted by Crippen LogP contribution is 2.28. The molecule has 15 atom stereocenters. The highest BCUT2D eigenvalue weighted by atomic mass is 16.7. The lowest BCUT2D eigenvalue weighted by Gasteiger charge is -2.45. The van der Waals surface area contributed by atoms with Gasteiger partial charge in [0.1, 0.15) is 67.0 Å². The maximum absolute atomic E-state index is 14.5. The van der Waals surface area contributed by atoms with Crippen molar-refractivity contribution in [3.05, 3.63) is 35.4 Å². The zero-order chi connectivity index (χ0) is 67.3. The first-order chi connectivity index (χ1) is 44.0. The Morgan fingerprint density at radius 1 is 0.576 bits per heavy atom. The minimum Gasteiger partial charge on any atom is -0.394 e. The Kier molecular flexibility index (Phi) is 33.8. The van der Waals surface area contributed by atoms with E-state index in [9.17, 15) is 79.5 Å². The van der Waals surface area contributed by atoms with Crippen LogP contribution >= 0.6 is 0 Å². The molecule has 0 radical (unpaired) electrons. The van der Waals surface area contributed by atoms with Crippen LogP contribution in [0.1, 0.15) is 57.6 Å². The van der Waals surface area contributed by atoms with Crippen molar-refractivity contribution in [2.24, 2.45) is 5.92 Å².